The molecule has 4 aromatic rings. The number of aliphatic hydroxyl groups excluding tert-OH is 1. The molecule has 1 atom stereocenters. The first-order valence-electron chi connectivity index (χ1n) is 14.3. The van der Waals surface area contributed by atoms with E-state index < -0.39 is 0 Å². The zero-order valence-electron chi connectivity index (χ0n) is 23.9. The number of aliphatic hydroxyl groups is 1. The van der Waals surface area contributed by atoms with Gasteiger partial charge in [-0.3, -0.25) is 0 Å². The topological polar surface area (TPSA) is 125 Å². The van der Waals surface area contributed by atoms with E-state index in [0.717, 1.165) is 42.7 Å². The molecule has 12 nitrogen and oxygen atoms in total. The molecule has 2 fully saturated rings. The van der Waals surface area contributed by atoms with Crippen molar-refractivity contribution < 1.29 is 19.3 Å². The Hall–Kier alpha value is -4.06. The second-order valence-electron chi connectivity index (χ2n) is 10.8. The Labute approximate surface area is 239 Å². The molecule has 1 saturated carbocycles. The van der Waals surface area contributed by atoms with Gasteiger partial charge in [-0.05, 0) is 31.6 Å². The minimum atomic E-state index is 0.00857. The number of fused-ring (bicyclic) bond motifs is 1. The number of ether oxygens (including phenoxy) is 3. The van der Waals surface area contributed by atoms with Crippen LogP contribution in [0.4, 0.5) is 17.6 Å². The number of hydrogen-bond donors (Lipinski definition) is 2. The van der Waals surface area contributed by atoms with Crippen LogP contribution >= 0.6 is 0 Å². The van der Waals surface area contributed by atoms with Crippen molar-refractivity contribution in [3.05, 3.63) is 30.9 Å². The fourth-order valence-corrected chi connectivity index (χ4v) is 6.07. The monoisotopic (exact) mass is 562 g/mol. The summed E-state index contributed by atoms with van der Waals surface area (Å²) in [5, 5.41) is 19.0. The maximum atomic E-state index is 10.00. The van der Waals surface area contributed by atoms with Crippen LogP contribution in [0.3, 0.4) is 0 Å². The molecule has 0 amide bonds. The van der Waals surface area contributed by atoms with Gasteiger partial charge in [-0.15, -0.1) is 0 Å². The number of hydrogen-bond acceptors (Lipinski definition) is 10. The summed E-state index contributed by atoms with van der Waals surface area (Å²) in [7, 11) is 4.77. The number of anilines is 3. The van der Waals surface area contributed by atoms with Gasteiger partial charge in [0.25, 0.3) is 0 Å². The Morgan fingerprint density at radius 1 is 0.976 bits per heavy atom. The second-order valence-corrected chi connectivity index (χ2v) is 10.8. The predicted molar refractivity (Wildman–Crippen MR) is 156 cm³/mol. The molecule has 0 bridgehead atoms. The summed E-state index contributed by atoms with van der Waals surface area (Å²) in [6.45, 7) is 1.73. The van der Waals surface area contributed by atoms with Gasteiger partial charge in [0.05, 0.1) is 57.4 Å². The fraction of sp³-hybridized carbons (Fsp3) is 0.517. The van der Waals surface area contributed by atoms with Crippen LogP contribution in [0.1, 0.15) is 44.9 Å². The zero-order chi connectivity index (χ0) is 28.3. The molecule has 4 heterocycles. The summed E-state index contributed by atoms with van der Waals surface area (Å²) in [6.07, 6.45) is 13.7. The van der Waals surface area contributed by atoms with E-state index in [9.17, 15) is 5.11 Å². The maximum absolute atomic E-state index is 10.00. The van der Waals surface area contributed by atoms with Crippen LogP contribution < -0.4 is 24.4 Å². The first-order chi connectivity index (χ1) is 20.1. The molecular weight excluding hydrogens is 524 g/mol. The Bertz CT molecular complexity index is 1470. The number of imidazole rings is 1. The summed E-state index contributed by atoms with van der Waals surface area (Å²) in [4.78, 5) is 16.6. The molecule has 1 saturated heterocycles. The molecule has 3 aromatic heterocycles. The standard InChI is InChI=1S/C29H38N8O4/c1-39-23-12-21(13-24(40-2)26(23)41-3)35-16-25(30-18-35)32-27-22-14-31-37(15-19-8-5-4-6-9-19)28(22)34-29(33-27)36-11-7-10-20(36)17-38/h12-14,16,18-20,38H,4-11,15,17H2,1-3H3,(H,32,33,34)/t20-/m0/s1. The highest BCUT2D eigenvalue weighted by Gasteiger charge is 2.28. The van der Waals surface area contributed by atoms with E-state index >= 15 is 0 Å². The van der Waals surface area contributed by atoms with Gasteiger partial charge >= 0.3 is 0 Å². The summed E-state index contributed by atoms with van der Waals surface area (Å²) >= 11 is 0. The van der Waals surface area contributed by atoms with Gasteiger partial charge in [0.2, 0.25) is 11.7 Å². The van der Waals surface area contributed by atoms with Crippen LogP contribution in [0, 0.1) is 5.92 Å². The van der Waals surface area contributed by atoms with Crippen LogP contribution in [-0.2, 0) is 6.54 Å². The van der Waals surface area contributed by atoms with Crippen molar-refractivity contribution in [1.29, 1.82) is 0 Å². The van der Waals surface area contributed by atoms with Crippen LogP contribution in [0.15, 0.2) is 30.9 Å². The highest BCUT2D eigenvalue weighted by atomic mass is 16.5. The molecular formula is C29H38N8O4. The van der Waals surface area contributed by atoms with Crippen LogP contribution in [0.5, 0.6) is 17.2 Å². The molecule has 0 unspecified atom stereocenters. The number of methoxy groups -OCH3 is 3. The smallest absolute Gasteiger partial charge is 0.229 e. The quantitative estimate of drug-likeness (QED) is 0.289. The summed E-state index contributed by atoms with van der Waals surface area (Å²) < 4.78 is 20.4. The lowest BCUT2D eigenvalue weighted by molar-refractivity contribution is 0.265. The number of benzene rings is 1. The molecule has 0 radical (unpaired) electrons. The summed E-state index contributed by atoms with van der Waals surface area (Å²) in [6, 6.07) is 3.74. The van der Waals surface area contributed by atoms with Gasteiger partial charge in [-0.25, -0.2) is 9.67 Å². The van der Waals surface area contributed by atoms with Crippen LogP contribution in [0.2, 0.25) is 0 Å². The molecule has 2 aliphatic rings. The van der Waals surface area contributed by atoms with Gasteiger partial charge in [-0.2, -0.15) is 15.1 Å². The van der Waals surface area contributed by atoms with E-state index in [4.69, 9.17) is 29.3 Å². The van der Waals surface area contributed by atoms with Gasteiger partial charge in [0, 0.05) is 25.2 Å². The number of rotatable bonds is 10. The van der Waals surface area contributed by atoms with Gasteiger partial charge < -0.3 is 34.1 Å². The van der Waals surface area contributed by atoms with Gasteiger partial charge in [-0.1, -0.05) is 19.3 Å². The first-order valence-corrected chi connectivity index (χ1v) is 14.3. The van der Waals surface area contributed by atoms with Crippen molar-refractivity contribution in [2.75, 3.05) is 44.7 Å². The van der Waals surface area contributed by atoms with Gasteiger partial charge in [0.1, 0.15) is 18.0 Å². The summed E-state index contributed by atoms with van der Waals surface area (Å²) in [5.74, 6) is 4.10. The van der Waals surface area contributed by atoms with E-state index in [1.165, 1.54) is 32.1 Å². The zero-order valence-corrected chi connectivity index (χ0v) is 23.9. The minimum Gasteiger partial charge on any atom is -0.493 e. The highest BCUT2D eigenvalue weighted by molar-refractivity contribution is 5.89. The third-order valence-electron chi connectivity index (χ3n) is 8.26. The average molecular weight is 563 g/mol. The predicted octanol–water partition coefficient (Wildman–Crippen LogP) is 4.32. The summed E-state index contributed by atoms with van der Waals surface area (Å²) in [5.41, 5.74) is 1.60. The van der Waals surface area contributed by atoms with Crippen molar-refractivity contribution in [2.24, 2.45) is 5.92 Å². The molecule has 1 aliphatic carbocycles. The average Bonchev–Trinajstić information content (AvgIpc) is 3.77. The van der Waals surface area contributed by atoms with Crippen LogP contribution in [-0.4, -0.2) is 74.9 Å². The molecule has 6 rings (SSSR count). The lowest BCUT2D eigenvalue weighted by Gasteiger charge is -2.24. The minimum absolute atomic E-state index is 0.00857. The molecule has 12 heteroatoms. The molecule has 1 aromatic carbocycles. The number of nitrogens with one attached hydrogen (secondary N) is 1. The molecule has 1 aliphatic heterocycles. The normalized spacial score (nSPS) is 17.8. The van der Waals surface area contributed by atoms with E-state index in [1.54, 1.807) is 27.7 Å². The van der Waals surface area contributed by atoms with Crippen molar-refractivity contribution >= 4 is 28.6 Å². The van der Waals surface area contributed by atoms with E-state index in [2.05, 4.69) is 15.2 Å². The fourth-order valence-electron chi connectivity index (χ4n) is 6.07. The largest absolute Gasteiger partial charge is 0.493 e. The molecule has 0 spiro atoms. The van der Waals surface area contributed by atoms with E-state index in [-0.39, 0.29) is 12.6 Å². The Morgan fingerprint density at radius 2 is 1.76 bits per heavy atom. The van der Waals surface area contributed by atoms with Gasteiger partial charge in [0.15, 0.2) is 17.1 Å². The highest BCUT2D eigenvalue weighted by Crippen LogP contribution is 2.39. The third-order valence-corrected chi connectivity index (χ3v) is 8.26. The Kier molecular flexibility index (Phi) is 7.82. The number of nitrogens with zero attached hydrogens (tertiary/aromatic N) is 7. The first kappa shape index (κ1) is 27.1. The van der Waals surface area contributed by atoms with E-state index in [0.29, 0.717) is 40.8 Å². The lowest BCUT2D eigenvalue weighted by atomic mass is 9.89. The van der Waals surface area contributed by atoms with Crippen LogP contribution in [0.25, 0.3) is 16.7 Å². The third kappa shape index (κ3) is 5.35. The molecule has 41 heavy (non-hydrogen) atoms. The van der Waals surface area contributed by atoms with Crippen molar-refractivity contribution in [3.63, 3.8) is 0 Å². The maximum Gasteiger partial charge on any atom is 0.229 e. The van der Waals surface area contributed by atoms with Crippen molar-refractivity contribution in [3.8, 4) is 22.9 Å². The van der Waals surface area contributed by atoms with E-state index in [1.807, 2.05) is 33.8 Å². The van der Waals surface area contributed by atoms with Crippen molar-refractivity contribution in [2.45, 2.75) is 57.5 Å². The molecule has 2 N–H and O–H groups in total. The van der Waals surface area contributed by atoms with Crippen molar-refractivity contribution in [1.82, 2.24) is 29.3 Å². The second kappa shape index (κ2) is 11.8. The molecule has 218 valence electrons. The number of aromatic nitrogens is 6. The SMILES string of the molecule is COc1cc(-n2cnc(Nc3nc(N4CCC[C@H]4CO)nc4c3cnn4CC3CCCCC3)c2)cc(OC)c1OC. The Balaban J connectivity index is 1.35. The Morgan fingerprint density at radius 3 is 2.46 bits per heavy atom. The lowest BCUT2D eigenvalue weighted by Crippen LogP contribution is -2.33.